The maximum Gasteiger partial charge on any atom is 0.320 e. The zero-order valence-electron chi connectivity index (χ0n) is 15.8. The van der Waals surface area contributed by atoms with E-state index in [0.29, 0.717) is 0 Å². The Labute approximate surface area is 155 Å². The van der Waals surface area contributed by atoms with Crippen LogP contribution in [0, 0.1) is 5.92 Å². The van der Waals surface area contributed by atoms with Gasteiger partial charge >= 0.3 is 11.9 Å². The fraction of sp³-hybridized carbons (Fsp3) is 0.476. The van der Waals surface area contributed by atoms with E-state index in [2.05, 4.69) is 0 Å². The van der Waals surface area contributed by atoms with Crippen LogP contribution < -0.4 is 0 Å². The van der Waals surface area contributed by atoms with E-state index in [4.69, 9.17) is 9.47 Å². The number of ketones is 1. The van der Waals surface area contributed by atoms with E-state index in [1.54, 1.807) is 20.8 Å². The molecule has 1 aromatic rings. The molecule has 0 aliphatic carbocycles. The van der Waals surface area contributed by atoms with Gasteiger partial charge in [0.2, 0.25) is 0 Å². The highest BCUT2D eigenvalue weighted by Crippen LogP contribution is 2.12. The Hall–Kier alpha value is -2.43. The first-order valence-corrected chi connectivity index (χ1v) is 9.07. The molecular weight excluding hydrogens is 332 g/mol. The minimum absolute atomic E-state index is 0.0669. The van der Waals surface area contributed by atoms with Crippen molar-refractivity contribution in [1.29, 1.82) is 0 Å². The number of hydrogen-bond acceptors (Lipinski definition) is 5. The van der Waals surface area contributed by atoms with Crippen molar-refractivity contribution in [3.63, 3.8) is 0 Å². The summed E-state index contributed by atoms with van der Waals surface area (Å²) in [5.41, 5.74) is 1.90. The Morgan fingerprint density at radius 3 is 2.04 bits per heavy atom. The number of rotatable bonds is 11. The average Bonchev–Trinajstić information content (AvgIpc) is 2.61. The Morgan fingerprint density at radius 1 is 0.962 bits per heavy atom. The van der Waals surface area contributed by atoms with Crippen LogP contribution in [0.2, 0.25) is 0 Å². The second-order valence-electron chi connectivity index (χ2n) is 5.91. The van der Waals surface area contributed by atoms with E-state index in [1.165, 1.54) is 5.56 Å². The van der Waals surface area contributed by atoms with Crippen LogP contribution in [0.4, 0.5) is 0 Å². The fourth-order valence-corrected chi connectivity index (χ4v) is 2.45. The van der Waals surface area contributed by atoms with Gasteiger partial charge in [-0.2, -0.15) is 0 Å². The van der Waals surface area contributed by atoms with Crippen molar-refractivity contribution in [2.75, 3.05) is 13.2 Å². The summed E-state index contributed by atoms with van der Waals surface area (Å²) in [5, 5.41) is 0. The van der Waals surface area contributed by atoms with Crippen LogP contribution in [0.1, 0.15) is 56.0 Å². The van der Waals surface area contributed by atoms with Crippen molar-refractivity contribution >= 4 is 17.7 Å². The molecule has 5 heteroatoms. The van der Waals surface area contributed by atoms with E-state index < -0.39 is 17.9 Å². The lowest BCUT2D eigenvalue weighted by Crippen LogP contribution is -2.27. The van der Waals surface area contributed by atoms with Gasteiger partial charge in [0.25, 0.3) is 0 Å². The lowest BCUT2D eigenvalue weighted by molar-refractivity contribution is -0.161. The smallest absolute Gasteiger partial charge is 0.320 e. The number of hydrogen-bond donors (Lipinski definition) is 0. The van der Waals surface area contributed by atoms with Crippen molar-refractivity contribution in [3.05, 3.63) is 47.5 Å². The highest BCUT2D eigenvalue weighted by atomic mass is 16.6. The molecule has 0 spiro atoms. The van der Waals surface area contributed by atoms with Gasteiger partial charge in [-0.05, 0) is 52.0 Å². The van der Waals surface area contributed by atoms with Crippen LogP contribution in [0.25, 0.3) is 0 Å². The minimum atomic E-state index is -0.898. The molecular formula is C21H28O5. The lowest BCUT2D eigenvalue weighted by Gasteiger charge is -2.12. The number of unbranched alkanes of at least 4 members (excludes halogenated alkanes) is 1. The molecule has 142 valence electrons. The van der Waals surface area contributed by atoms with E-state index in [0.717, 1.165) is 24.8 Å². The molecule has 0 atom stereocenters. The van der Waals surface area contributed by atoms with Crippen molar-refractivity contribution in [2.45, 2.75) is 46.5 Å². The molecule has 0 amide bonds. The number of benzene rings is 1. The molecule has 0 aliphatic rings. The molecule has 0 fully saturated rings. The lowest BCUT2D eigenvalue weighted by atomic mass is 10.0. The number of allylic oxidation sites excluding steroid dienone is 2. The maximum absolute atomic E-state index is 11.9. The number of ether oxygens (including phenoxy) is 2. The molecule has 0 N–H and O–H groups in total. The molecule has 0 saturated heterocycles. The molecule has 26 heavy (non-hydrogen) atoms. The summed E-state index contributed by atoms with van der Waals surface area (Å²) in [7, 11) is 0. The zero-order chi connectivity index (χ0) is 19.4. The highest BCUT2D eigenvalue weighted by molar-refractivity contribution is 5.95. The molecule has 0 bridgehead atoms. The quantitative estimate of drug-likeness (QED) is 0.197. The molecule has 5 nitrogen and oxygen atoms in total. The Bertz CT molecular complexity index is 598. The van der Waals surface area contributed by atoms with Gasteiger partial charge in [-0.3, -0.25) is 14.4 Å². The Morgan fingerprint density at radius 2 is 1.54 bits per heavy atom. The monoisotopic (exact) mass is 360 g/mol. The van der Waals surface area contributed by atoms with Crippen LogP contribution in [0.5, 0.6) is 0 Å². The third-order valence-electron chi connectivity index (χ3n) is 3.88. The summed E-state index contributed by atoms with van der Waals surface area (Å²) >= 11 is 0. The Kier molecular flexibility index (Phi) is 9.98. The van der Waals surface area contributed by atoms with Gasteiger partial charge in [-0.15, -0.1) is 0 Å². The highest BCUT2D eigenvalue weighted by Gasteiger charge is 2.27. The SMILES string of the molecule is CCOC(=O)C(C/C=C/CCCc1ccc(C(C)=O)cc1)C(=O)OCC. The molecule has 0 aromatic heterocycles. The summed E-state index contributed by atoms with van der Waals surface area (Å²) in [6.07, 6.45) is 6.77. The van der Waals surface area contributed by atoms with Crippen LogP contribution in [0.3, 0.4) is 0 Å². The van der Waals surface area contributed by atoms with Crippen LogP contribution in [-0.2, 0) is 25.5 Å². The normalized spacial score (nSPS) is 10.9. The van der Waals surface area contributed by atoms with E-state index in [1.807, 2.05) is 36.4 Å². The fourth-order valence-electron chi connectivity index (χ4n) is 2.45. The standard InChI is InChI=1S/C21H28O5/c1-4-25-20(23)19(21(24)26-5-2)11-9-7-6-8-10-17-12-14-18(15-13-17)16(3)22/h7,9,12-15,19H,4-6,8,10-11H2,1-3H3/b9-7+. The number of Topliss-reactive ketones (excluding diaryl/α,β-unsaturated/α-hetero) is 1. The van der Waals surface area contributed by atoms with Crippen molar-refractivity contribution in [3.8, 4) is 0 Å². The van der Waals surface area contributed by atoms with Gasteiger partial charge < -0.3 is 9.47 Å². The van der Waals surface area contributed by atoms with Gasteiger partial charge in [0.05, 0.1) is 13.2 Å². The number of carbonyl (C=O) groups excluding carboxylic acids is 3. The largest absolute Gasteiger partial charge is 0.465 e. The van der Waals surface area contributed by atoms with Gasteiger partial charge in [0.1, 0.15) is 0 Å². The van der Waals surface area contributed by atoms with Gasteiger partial charge in [-0.1, -0.05) is 36.4 Å². The van der Waals surface area contributed by atoms with Crippen LogP contribution in [-0.4, -0.2) is 30.9 Å². The predicted octanol–water partition coefficient (Wildman–Crippen LogP) is 3.90. The minimum Gasteiger partial charge on any atom is -0.465 e. The number of aryl methyl sites for hydroxylation is 1. The molecule has 0 unspecified atom stereocenters. The van der Waals surface area contributed by atoms with Crippen molar-refractivity contribution in [2.24, 2.45) is 5.92 Å². The molecule has 0 aliphatic heterocycles. The molecule has 1 rings (SSSR count). The molecule has 1 aromatic carbocycles. The first-order chi connectivity index (χ1) is 12.5. The third kappa shape index (κ3) is 7.64. The maximum atomic E-state index is 11.9. The van der Waals surface area contributed by atoms with Crippen LogP contribution in [0.15, 0.2) is 36.4 Å². The first-order valence-electron chi connectivity index (χ1n) is 9.07. The second kappa shape index (κ2) is 12.0. The number of esters is 2. The summed E-state index contributed by atoms with van der Waals surface area (Å²) in [5.74, 6) is -1.91. The second-order valence-corrected chi connectivity index (χ2v) is 5.91. The Balaban J connectivity index is 2.42. The predicted molar refractivity (Wildman–Crippen MR) is 99.9 cm³/mol. The van der Waals surface area contributed by atoms with Gasteiger partial charge in [0, 0.05) is 5.56 Å². The van der Waals surface area contributed by atoms with Gasteiger partial charge in [0.15, 0.2) is 11.7 Å². The number of carbonyl (C=O) groups is 3. The zero-order valence-corrected chi connectivity index (χ0v) is 15.8. The molecule has 0 radical (unpaired) electrons. The summed E-state index contributed by atoms with van der Waals surface area (Å²) in [4.78, 5) is 35.0. The summed E-state index contributed by atoms with van der Waals surface area (Å²) < 4.78 is 9.87. The summed E-state index contributed by atoms with van der Waals surface area (Å²) in [6.45, 7) is 5.44. The third-order valence-corrected chi connectivity index (χ3v) is 3.88. The average molecular weight is 360 g/mol. The van der Waals surface area contributed by atoms with E-state index >= 15 is 0 Å². The summed E-state index contributed by atoms with van der Waals surface area (Å²) in [6, 6.07) is 7.63. The van der Waals surface area contributed by atoms with Crippen molar-refractivity contribution < 1.29 is 23.9 Å². The molecule has 0 heterocycles. The molecule has 0 saturated carbocycles. The van der Waals surface area contributed by atoms with E-state index in [9.17, 15) is 14.4 Å². The first kappa shape index (κ1) is 21.6. The van der Waals surface area contributed by atoms with E-state index in [-0.39, 0.29) is 25.4 Å². The van der Waals surface area contributed by atoms with Gasteiger partial charge in [-0.25, -0.2) is 0 Å². The van der Waals surface area contributed by atoms with Crippen molar-refractivity contribution in [1.82, 2.24) is 0 Å². The topological polar surface area (TPSA) is 69.7 Å². The van der Waals surface area contributed by atoms with Crippen LogP contribution >= 0.6 is 0 Å².